The average Bonchev–Trinajstić information content (AvgIpc) is 2.36. The lowest BCUT2D eigenvalue weighted by molar-refractivity contribution is -0.138. The lowest BCUT2D eigenvalue weighted by Crippen LogP contribution is -2.07. The lowest BCUT2D eigenvalue weighted by atomic mass is 9.99. The van der Waals surface area contributed by atoms with Gasteiger partial charge in [-0.1, -0.05) is 23.8 Å². The van der Waals surface area contributed by atoms with E-state index in [1.54, 1.807) is 13.0 Å². The van der Waals surface area contributed by atoms with Gasteiger partial charge in [-0.2, -0.15) is 26.3 Å². The Hall–Kier alpha value is -1.98. The first-order chi connectivity index (χ1) is 10.1. The van der Waals surface area contributed by atoms with Gasteiger partial charge in [-0.3, -0.25) is 0 Å². The summed E-state index contributed by atoms with van der Waals surface area (Å²) in [5.41, 5.74) is -0.151. The number of alkyl halides is 6. The molecule has 118 valence electrons. The molecule has 22 heavy (non-hydrogen) atoms. The summed E-state index contributed by atoms with van der Waals surface area (Å²) in [6, 6.07) is 8.05. The zero-order chi connectivity index (χ0) is 16.5. The average molecular weight is 318 g/mol. The van der Waals surface area contributed by atoms with Gasteiger partial charge in [-0.05, 0) is 48.7 Å². The summed E-state index contributed by atoms with van der Waals surface area (Å²) < 4.78 is 75.6. The highest BCUT2D eigenvalue weighted by atomic mass is 19.4. The molecule has 0 amide bonds. The van der Waals surface area contributed by atoms with Crippen molar-refractivity contribution in [1.82, 2.24) is 0 Å². The summed E-state index contributed by atoms with van der Waals surface area (Å²) in [7, 11) is 0. The third-order valence-electron chi connectivity index (χ3n) is 3.15. The van der Waals surface area contributed by atoms with Crippen molar-refractivity contribution in [2.24, 2.45) is 0 Å². The first kappa shape index (κ1) is 16.4. The van der Waals surface area contributed by atoms with E-state index in [0.717, 1.165) is 24.3 Å². The minimum absolute atomic E-state index is 0.142. The summed E-state index contributed by atoms with van der Waals surface area (Å²) in [6.07, 6.45) is -8.73. The molecule has 2 rings (SSSR count). The van der Waals surface area contributed by atoms with E-state index in [-0.39, 0.29) is 6.42 Å². The van der Waals surface area contributed by atoms with Gasteiger partial charge in [0.05, 0.1) is 11.1 Å². The third-order valence-corrected chi connectivity index (χ3v) is 3.15. The first-order valence-electron chi connectivity index (χ1n) is 6.39. The summed E-state index contributed by atoms with van der Waals surface area (Å²) >= 11 is 0. The van der Waals surface area contributed by atoms with Crippen LogP contribution in [0.25, 0.3) is 0 Å². The van der Waals surface area contributed by atoms with Crippen LogP contribution in [0.2, 0.25) is 0 Å². The van der Waals surface area contributed by atoms with E-state index in [9.17, 15) is 26.3 Å². The van der Waals surface area contributed by atoms with E-state index in [0.29, 0.717) is 16.7 Å². The molecule has 0 aromatic heterocycles. The standard InChI is InChI=1S/C16H12F6/c1-10-6-12(9-14(7-10)16(20,21)22)8-11-2-4-13(5-3-11)15(17,18)19/h2-7,9H,8H2,1H3. The van der Waals surface area contributed by atoms with Crippen molar-refractivity contribution in [2.45, 2.75) is 25.7 Å². The summed E-state index contributed by atoms with van der Waals surface area (Å²) in [5.74, 6) is 0. The Morgan fingerprint density at radius 1 is 0.682 bits per heavy atom. The van der Waals surface area contributed by atoms with Gasteiger partial charge in [0, 0.05) is 0 Å². The molecule has 0 atom stereocenters. The Morgan fingerprint density at radius 3 is 1.73 bits per heavy atom. The van der Waals surface area contributed by atoms with Crippen LogP contribution in [0, 0.1) is 6.92 Å². The Balaban J connectivity index is 2.26. The van der Waals surface area contributed by atoms with Gasteiger partial charge in [0.25, 0.3) is 0 Å². The quantitative estimate of drug-likeness (QED) is 0.630. The SMILES string of the molecule is Cc1cc(Cc2ccc(C(F)(F)F)cc2)cc(C(F)(F)F)c1. The van der Waals surface area contributed by atoms with Crippen LogP contribution in [0.15, 0.2) is 42.5 Å². The van der Waals surface area contributed by atoms with Crippen LogP contribution in [0.5, 0.6) is 0 Å². The van der Waals surface area contributed by atoms with Gasteiger partial charge in [-0.25, -0.2) is 0 Å². The predicted molar refractivity (Wildman–Crippen MR) is 70.4 cm³/mol. The molecule has 0 nitrogen and oxygen atoms in total. The summed E-state index contributed by atoms with van der Waals surface area (Å²) in [4.78, 5) is 0. The number of hydrogen-bond donors (Lipinski definition) is 0. The molecule has 0 heterocycles. The molecular formula is C16H12F6. The van der Waals surface area contributed by atoms with Crippen molar-refractivity contribution >= 4 is 0 Å². The van der Waals surface area contributed by atoms with Crippen molar-refractivity contribution in [3.63, 3.8) is 0 Å². The fourth-order valence-corrected chi connectivity index (χ4v) is 2.18. The maximum absolute atomic E-state index is 12.7. The van der Waals surface area contributed by atoms with E-state index in [1.807, 2.05) is 0 Å². The van der Waals surface area contributed by atoms with Gasteiger partial charge in [0.2, 0.25) is 0 Å². The normalized spacial score (nSPS) is 12.5. The molecule has 2 aromatic carbocycles. The van der Waals surface area contributed by atoms with E-state index >= 15 is 0 Å². The third kappa shape index (κ3) is 4.02. The van der Waals surface area contributed by atoms with Crippen molar-refractivity contribution in [2.75, 3.05) is 0 Å². The van der Waals surface area contributed by atoms with Crippen molar-refractivity contribution < 1.29 is 26.3 Å². The Kier molecular flexibility index (Phi) is 4.22. The Bertz CT molecular complexity index is 650. The number of rotatable bonds is 2. The molecule has 0 aliphatic rings. The Labute approximate surface area is 123 Å². The van der Waals surface area contributed by atoms with E-state index in [1.165, 1.54) is 12.1 Å². The van der Waals surface area contributed by atoms with Crippen LogP contribution >= 0.6 is 0 Å². The monoisotopic (exact) mass is 318 g/mol. The van der Waals surface area contributed by atoms with Gasteiger partial charge in [0.15, 0.2) is 0 Å². The largest absolute Gasteiger partial charge is 0.416 e. The lowest BCUT2D eigenvalue weighted by Gasteiger charge is -2.11. The zero-order valence-corrected chi connectivity index (χ0v) is 11.5. The van der Waals surface area contributed by atoms with Crippen molar-refractivity contribution in [1.29, 1.82) is 0 Å². The second kappa shape index (κ2) is 5.66. The maximum atomic E-state index is 12.7. The highest BCUT2D eigenvalue weighted by molar-refractivity contribution is 5.35. The fourth-order valence-electron chi connectivity index (χ4n) is 2.18. The molecular weight excluding hydrogens is 306 g/mol. The molecule has 0 N–H and O–H groups in total. The number of halogens is 6. The minimum Gasteiger partial charge on any atom is -0.166 e. The maximum Gasteiger partial charge on any atom is 0.416 e. The second-order valence-corrected chi connectivity index (χ2v) is 5.08. The van der Waals surface area contributed by atoms with Gasteiger partial charge in [-0.15, -0.1) is 0 Å². The van der Waals surface area contributed by atoms with Crippen LogP contribution in [-0.2, 0) is 18.8 Å². The van der Waals surface area contributed by atoms with Gasteiger partial charge in [0.1, 0.15) is 0 Å². The molecule has 0 fully saturated rings. The molecule has 0 aliphatic carbocycles. The van der Waals surface area contributed by atoms with Crippen molar-refractivity contribution in [3.8, 4) is 0 Å². The molecule has 0 aliphatic heterocycles. The molecule has 0 radical (unpaired) electrons. The Morgan fingerprint density at radius 2 is 1.23 bits per heavy atom. The summed E-state index contributed by atoms with van der Waals surface area (Å²) in [5, 5.41) is 0. The number of benzene rings is 2. The topological polar surface area (TPSA) is 0 Å². The van der Waals surface area contributed by atoms with E-state index < -0.39 is 23.5 Å². The molecule has 0 unspecified atom stereocenters. The minimum atomic E-state index is -4.44. The fraction of sp³-hybridized carbons (Fsp3) is 0.250. The number of aryl methyl sites for hydroxylation is 1. The molecule has 0 spiro atoms. The molecule has 0 saturated carbocycles. The zero-order valence-electron chi connectivity index (χ0n) is 11.5. The van der Waals surface area contributed by atoms with Crippen LogP contribution < -0.4 is 0 Å². The van der Waals surface area contributed by atoms with Crippen molar-refractivity contribution in [3.05, 3.63) is 70.3 Å². The molecule has 0 bridgehead atoms. The first-order valence-corrected chi connectivity index (χ1v) is 6.39. The van der Waals surface area contributed by atoms with E-state index in [2.05, 4.69) is 0 Å². The van der Waals surface area contributed by atoms with Gasteiger partial charge >= 0.3 is 12.4 Å². The van der Waals surface area contributed by atoms with Crippen LogP contribution in [0.1, 0.15) is 27.8 Å². The summed E-state index contributed by atoms with van der Waals surface area (Å²) in [6.45, 7) is 1.55. The van der Waals surface area contributed by atoms with Crippen LogP contribution in [0.4, 0.5) is 26.3 Å². The smallest absolute Gasteiger partial charge is 0.166 e. The second-order valence-electron chi connectivity index (χ2n) is 5.08. The molecule has 6 heteroatoms. The number of hydrogen-bond acceptors (Lipinski definition) is 0. The predicted octanol–water partition coefficient (Wildman–Crippen LogP) is 5.62. The van der Waals surface area contributed by atoms with Crippen LogP contribution in [-0.4, -0.2) is 0 Å². The van der Waals surface area contributed by atoms with E-state index in [4.69, 9.17) is 0 Å². The highest BCUT2D eigenvalue weighted by Crippen LogP contribution is 2.32. The molecule has 2 aromatic rings. The van der Waals surface area contributed by atoms with Crippen LogP contribution in [0.3, 0.4) is 0 Å². The highest BCUT2D eigenvalue weighted by Gasteiger charge is 2.31. The van der Waals surface area contributed by atoms with Gasteiger partial charge < -0.3 is 0 Å². The molecule has 0 saturated heterocycles.